The third-order valence-corrected chi connectivity index (χ3v) is 1.66. The van der Waals surface area contributed by atoms with E-state index in [0.717, 1.165) is 12.8 Å². The maximum absolute atomic E-state index is 10.3. The number of hydrogen-bond donors (Lipinski definition) is 0. The second-order valence-electron chi connectivity index (χ2n) is 2.68. The van der Waals surface area contributed by atoms with Crippen LogP contribution < -0.4 is 103 Å². The summed E-state index contributed by atoms with van der Waals surface area (Å²) in [5, 5.41) is 0. The average Bonchev–Trinajstić information content (AvgIpc) is 2.26. The molecule has 0 aliphatic heterocycles. The van der Waals surface area contributed by atoms with Crippen LogP contribution in [0, 0.1) is 0 Å². The fourth-order valence-corrected chi connectivity index (χ4v) is 0.988. The third kappa shape index (κ3) is 34.5. The van der Waals surface area contributed by atoms with Gasteiger partial charge in [-0.2, -0.15) is 0 Å². The molecule has 0 aromatic carbocycles. The van der Waals surface area contributed by atoms with Gasteiger partial charge in [-0.25, -0.2) is 21.6 Å². The largest absolute Gasteiger partial charge is 1.00 e. The fourth-order valence-electron chi connectivity index (χ4n) is 0.444. The van der Waals surface area contributed by atoms with Crippen molar-refractivity contribution in [1.29, 1.82) is 0 Å². The van der Waals surface area contributed by atoms with Gasteiger partial charge in [0, 0.05) is 6.08 Å². The number of carbonyl (C=O) groups is 1. The van der Waals surface area contributed by atoms with E-state index in [1.165, 1.54) is 6.08 Å². The van der Waals surface area contributed by atoms with Gasteiger partial charge in [0.15, 0.2) is 0 Å². The Balaban J connectivity index is -0.000000126. The molecule has 0 aliphatic rings. The molecular weight excluding hydrogens is 386 g/mol. The monoisotopic (exact) mass is 398 g/mol. The van der Waals surface area contributed by atoms with Crippen molar-refractivity contribution in [3.05, 3.63) is 12.7 Å². The Morgan fingerprint density at radius 3 is 1.71 bits per heavy atom. The number of ether oxygens (including phenoxy) is 1. The van der Waals surface area contributed by atoms with Gasteiger partial charge < -0.3 is 13.8 Å². The molecule has 0 saturated heterocycles. The van der Waals surface area contributed by atoms with Crippen molar-refractivity contribution in [1.82, 2.24) is 0 Å². The molecule has 0 bridgehead atoms. The zero-order chi connectivity index (χ0) is 15.5. The van der Waals surface area contributed by atoms with Crippen LogP contribution in [0.5, 0.6) is 0 Å². The van der Waals surface area contributed by atoms with Crippen LogP contribution in [0.3, 0.4) is 0 Å². The summed E-state index contributed by atoms with van der Waals surface area (Å²) in [5.74, 6) is -0.330. The SMILES string of the molecule is C=CC(=O)OCCCC.O=S(=O)([O-])OOS(=O)(=O)[O-].[K+].[K+]. The molecule has 21 heavy (non-hydrogen) atoms. The Bertz CT molecular complexity index is 440. The number of unbranched alkanes of at least 4 members (excludes halogenated alkanes) is 1. The van der Waals surface area contributed by atoms with E-state index in [1.807, 2.05) is 6.92 Å². The predicted octanol–water partition coefficient (Wildman–Crippen LogP) is -6.62. The minimum absolute atomic E-state index is 0. The summed E-state index contributed by atoms with van der Waals surface area (Å²) in [6, 6.07) is 0. The first-order valence-corrected chi connectivity index (χ1v) is 7.27. The van der Waals surface area contributed by atoms with E-state index in [1.54, 1.807) is 0 Å². The summed E-state index contributed by atoms with van der Waals surface area (Å²) in [6.07, 6.45) is 3.15. The molecule has 0 heterocycles. The second-order valence-corrected chi connectivity index (χ2v) is 4.58. The van der Waals surface area contributed by atoms with Crippen LogP contribution in [-0.4, -0.2) is 38.5 Å². The normalized spacial score (nSPS) is 10.0. The molecule has 0 radical (unpaired) electrons. The molecule has 0 unspecified atom stereocenters. The Morgan fingerprint density at radius 1 is 1.10 bits per heavy atom. The minimum Gasteiger partial charge on any atom is -0.724 e. The topological polar surface area (TPSA) is 159 Å². The molecule has 0 amide bonds. The predicted molar refractivity (Wildman–Crippen MR) is 57.6 cm³/mol. The van der Waals surface area contributed by atoms with Crippen LogP contribution in [0.2, 0.25) is 0 Å². The van der Waals surface area contributed by atoms with E-state index in [9.17, 15) is 30.7 Å². The number of esters is 1. The van der Waals surface area contributed by atoms with E-state index >= 15 is 0 Å². The summed E-state index contributed by atoms with van der Waals surface area (Å²) in [5.41, 5.74) is 0. The Morgan fingerprint density at radius 2 is 1.48 bits per heavy atom. The van der Waals surface area contributed by atoms with Gasteiger partial charge in [-0.15, -0.1) is 8.67 Å². The minimum atomic E-state index is -5.31. The summed E-state index contributed by atoms with van der Waals surface area (Å²) in [4.78, 5) is 10.3. The Labute approximate surface area is 208 Å². The molecule has 0 aromatic rings. The third-order valence-electron chi connectivity index (χ3n) is 1.10. The van der Waals surface area contributed by atoms with Gasteiger partial charge in [0.2, 0.25) is 20.8 Å². The molecule has 14 heteroatoms. The molecular formula is C7H12K2O10S2. The maximum atomic E-state index is 10.3. The molecule has 0 saturated carbocycles. The van der Waals surface area contributed by atoms with Crippen LogP contribution in [0.25, 0.3) is 0 Å². The fraction of sp³-hybridized carbons (Fsp3) is 0.571. The van der Waals surface area contributed by atoms with Crippen molar-refractivity contribution in [2.45, 2.75) is 19.8 Å². The van der Waals surface area contributed by atoms with Gasteiger partial charge in [-0.3, -0.25) is 0 Å². The smallest absolute Gasteiger partial charge is 0.724 e. The first kappa shape index (κ1) is 31.0. The van der Waals surface area contributed by atoms with Gasteiger partial charge in [0.1, 0.15) is 0 Å². The number of hydrogen-bond acceptors (Lipinski definition) is 10. The van der Waals surface area contributed by atoms with Crippen molar-refractivity contribution in [3.8, 4) is 0 Å². The first-order chi connectivity index (χ1) is 8.52. The summed E-state index contributed by atoms with van der Waals surface area (Å²) < 4.78 is 66.1. The van der Waals surface area contributed by atoms with E-state index in [4.69, 9.17) is 0 Å². The zero-order valence-corrected chi connectivity index (χ0v) is 19.7. The maximum Gasteiger partial charge on any atom is 1.00 e. The van der Waals surface area contributed by atoms with Gasteiger partial charge in [0.25, 0.3) is 0 Å². The van der Waals surface area contributed by atoms with Gasteiger partial charge in [0.05, 0.1) is 6.61 Å². The first-order valence-electron chi connectivity index (χ1n) is 4.60. The number of carbonyl (C=O) groups excluding carboxylic acids is 1. The molecule has 0 aromatic heterocycles. The summed E-state index contributed by atoms with van der Waals surface area (Å²) in [6.45, 7) is 5.82. The van der Waals surface area contributed by atoms with Crippen molar-refractivity contribution in [2.75, 3.05) is 6.61 Å². The zero-order valence-electron chi connectivity index (χ0n) is 11.8. The molecule has 10 nitrogen and oxygen atoms in total. The number of rotatable bonds is 7. The van der Waals surface area contributed by atoms with Crippen molar-refractivity contribution >= 4 is 26.8 Å². The second kappa shape index (κ2) is 17.1. The van der Waals surface area contributed by atoms with Crippen LogP contribution in [-0.2, 0) is 39.0 Å². The van der Waals surface area contributed by atoms with E-state index in [-0.39, 0.29) is 109 Å². The van der Waals surface area contributed by atoms with Crippen molar-refractivity contribution in [2.24, 2.45) is 0 Å². The molecule has 0 fully saturated rings. The van der Waals surface area contributed by atoms with Crippen LogP contribution >= 0.6 is 0 Å². The Kier molecular flexibility index (Phi) is 25.2. The molecule has 0 atom stereocenters. The van der Waals surface area contributed by atoms with E-state index in [2.05, 4.69) is 20.0 Å². The molecule has 114 valence electrons. The average molecular weight is 398 g/mol. The van der Waals surface area contributed by atoms with E-state index < -0.39 is 20.8 Å². The molecule has 0 aliphatic carbocycles. The van der Waals surface area contributed by atoms with Crippen LogP contribution in [0.1, 0.15) is 19.8 Å². The molecule has 0 spiro atoms. The van der Waals surface area contributed by atoms with Gasteiger partial charge >= 0.3 is 109 Å². The van der Waals surface area contributed by atoms with Gasteiger partial charge in [-0.1, -0.05) is 19.9 Å². The van der Waals surface area contributed by atoms with E-state index in [0.29, 0.717) is 6.61 Å². The van der Waals surface area contributed by atoms with Crippen LogP contribution in [0.15, 0.2) is 12.7 Å². The standard InChI is InChI=1S/C7H12O2.2K.H2O8S2/c1-3-5-6-9-7(8)4-2;;;1-9(2,3)7-8-10(4,5)6/h4H,2-3,5-6H2,1H3;;;(H,1,2,3)(H,4,5,6)/q;2*+1;/p-2. The van der Waals surface area contributed by atoms with Crippen LogP contribution in [0.4, 0.5) is 0 Å². The summed E-state index contributed by atoms with van der Waals surface area (Å²) in [7, 11) is -10.6. The quantitative estimate of drug-likeness (QED) is 0.0589. The van der Waals surface area contributed by atoms with Crippen molar-refractivity contribution in [3.63, 3.8) is 0 Å². The van der Waals surface area contributed by atoms with Crippen molar-refractivity contribution < 1.29 is 147 Å². The Hall–Kier alpha value is 2.22. The summed E-state index contributed by atoms with van der Waals surface area (Å²) >= 11 is 0. The van der Waals surface area contributed by atoms with Gasteiger partial charge in [-0.05, 0) is 6.42 Å². The molecule has 0 rings (SSSR count). The molecule has 0 N–H and O–H groups in total.